The SMILES string of the molecule is OCc1ccc(-c2ccc(C[C@@H]3C[C@@H](O)CN3)cc2)cc1. The summed E-state index contributed by atoms with van der Waals surface area (Å²) in [6, 6.07) is 16.9. The summed E-state index contributed by atoms with van der Waals surface area (Å²) in [6.07, 6.45) is 1.60. The third kappa shape index (κ3) is 3.50. The first-order valence-corrected chi connectivity index (χ1v) is 7.45. The van der Waals surface area contributed by atoms with Gasteiger partial charge >= 0.3 is 0 Å². The molecule has 110 valence electrons. The fraction of sp³-hybridized carbons (Fsp3) is 0.333. The predicted molar refractivity (Wildman–Crippen MR) is 83.9 cm³/mol. The van der Waals surface area contributed by atoms with Gasteiger partial charge in [-0.15, -0.1) is 0 Å². The molecule has 2 aromatic carbocycles. The fourth-order valence-electron chi connectivity index (χ4n) is 2.87. The van der Waals surface area contributed by atoms with Crippen LogP contribution >= 0.6 is 0 Å². The lowest BCUT2D eigenvalue weighted by Crippen LogP contribution is -2.23. The Labute approximate surface area is 125 Å². The summed E-state index contributed by atoms with van der Waals surface area (Å²) in [4.78, 5) is 0. The number of β-amino-alcohol motifs (C(OH)–C–C–N with tert-alkyl or cyclic N) is 1. The van der Waals surface area contributed by atoms with Crippen LogP contribution in [0.1, 0.15) is 17.5 Å². The van der Waals surface area contributed by atoms with Crippen LogP contribution in [0.15, 0.2) is 48.5 Å². The van der Waals surface area contributed by atoms with Gasteiger partial charge in [-0.2, -0.15) is 0 Å². The van der Waals surface area contributed by atoms with E-state index in [4.69, 9.17) is 5.11 Å². The summed E-state index contributed by atoms with van der Waals surface area (Å²) >= 11 is 0. The monoisotopic (exact) mass is 283 g/mol. The molecule has 3 rings (SSSR count). The van der Waals surface area contributed by atoms with Gasteiger partial charge in [-0.3, -0.25) is 0 Å². The maximum Gasteiger partial charge on any atom is 0.0681 e. The van der Waals surface area contributed by atoms with Crippen LogP contribution in [0.4, 0.5) is 0 Å². The van der Waals surface area contributed by atoms with Crippen molar-refractivity contribution in [1.82, 2.24) is 5.32 Å². The second kappa shape index (κ2) is 6.39. The molecule has 0 aromatic heterocycles. The molecule has 2 atom stereocenters. The van der Waals surface area contributed by atoms with Gasteiger partial charge in [0.25, 0.3) is 0 Å². The molecule has 1 heterocycles. The molecule has 0 saturated carbocycles. The van der Waals surface area contributed by atoms with E-state index in [1.165, 1.54) is 11.1 Å². The Bertz CT molecular complexity index is 577. The van der Waals surface area contributed by atoms with Crippen molar-refractivity contribution in [3.05, 3.63) is 59.7 Å². The molecule has 0 unspecified atom stereocenters. The Kier molecular flexibility index (Phi) is 4.34. The predicted octanol–water partition coefficient (Wildman–Crippen LogP) is 2.11. The van der Waals surface area contributed by atoms with E-state index in [1.807, 2.05) is 24.3 Å². The minimum absolute atomic E-state index is 0.0828. The van der Waals surface area contributed by atoms with Crippen LogP contribution < -0.4 is 5.32 Å². The Balaban J connectivity index is 1.68. The maximum atomic E-state index is 9.53. The highest BCUT2D eigenvalue weighted by molar-refractivity contribution is 5.63. The minimum atomic E-state index is -0.195. The molecule has 3 N–H and O–H groups in total. The number of aliphatic hydroxyl groups is 2. The topological polar surface area (TPSA) is 52.5 Å². The van der Waals surface area contributed by atoms with Gasteiger partial charge in [-0.25, -0.2) is 0 Å². The summed E-state index contributed by atoms with van der Waals surface area (Å²) < 4.78 is 0. The molecular weight excluding hydrogens is 262 g/mol. The van der Waals surface area contributed by atoms with E-state index in [0.29, 0.717) is 12.6 Å². The van der Waals surface area contributed by atoms with Gasteiger partial charge in [-0.05, 0) is 35.1 Å². The number of hydrogen-bond donors (Lipinski definition) is 3. The molecule has 3 nitrogen and oxygen atoms in total. The number of benzene rings is 2. The molecule has 0 radical (unpaired) electrons. The second-order valence-electron chi connectivity index (χ2n) is 5.75. The highest BCUT2D eigenvalue weighted by Crippen LogP contribution is 2.21. The van der Waals surface area contributed by atoms with E-state index < -0.39 is 0 Å². The first-order valence-electron chi connectivity index (χ1n) is 7.45. The van der Waals surface area contributed by atoms with Crippen LogP contribution in [-0.2, 0) is 13.0 Å². The summed E-state index contributed by atoms with van der Waals surface area (Å²) in [7, 11) is 0. The molecular formula is C18H21NO2. The standard InChI is InChI=1S/C18H21NO2/c20-12-14-3-7-16(8-4-14)15-5-1-13(2-6-15)9-17-10-18(21)11-19-17/h1-8,17-21H,9-12H2/t17-,18-/m1/s1. The van der Waals surface area contributed by atoms with E-state index >= 15 is 0 Å². The Hall–Kier alpha value is -1.68. The van der Waals surface area contributed by atoms with E-state index in [0.717, 1.165) is 24.0 Å². The molecule has 1 saturated heterocycles. The number of rotatable bonds is 4. The smallest absolute Gasteiger partial charge is 0.0681 e. The van der Waals surface area contributed by atoms with Crippen molar-refractivity contribution in [2.75, 3.05) is 6.54 Å². The van der Waals surface area contributed by atoms with Crippen LogP contribution in [-0.4, -0.2) is 28.9 Å². The van der Waals surface area contributed by atoms with Crippen molar-refractivity contribution >= 4 is 0 Å². The van der Waals surface area contributed by atoms with Crippen LogP contribution in [0.5, 0.6) is 0 Å². The Morgan fingerprint density at radius 2 is 1.48 bits per heavy atom. The molecule has 1 fully saturated rings. The summed E-state index contributed by atoms with van der Waals surface area (Å²) in [6.45, 7) is 0.791. The van der Waals surface area contributed by atoms with Gasteiger partial charge in [0.2, 0.25) is 0 Å². The first-order chi connectivity index (χ1) is 10.2. The van der Waals surface area contributed by atoms with Crippen LogP contribution in [0.3, 0.4) is 0 Å². The lowest BCUT2D eigenvalue weighted by molar-refractivity contribution is 0.193. The molecule has 0 amide bonds. The Morgan fingerprint density at radius 1 is 0.905 bits per heavy atom. The highest BCUT2D eigenvalue weighted by atomic mass is 16.3. The van der Waals surface area contributed by atoms with Gasteiger partial charge in [0, 0.05) is 12.6 Å². The molecule has 3 heteroatoms. The van der Waals surface area contributed by atoms with Gasteiger partial charge < -0.3 is 15.5 Å². The van der Waals surface area contributed by atoms with Crippen LogP contribution in [0.2, 0.25) is 0 Å². The van der Waals surface area contributed by atoms with Crippen LogP contribution in [0.25, 0.3) is 11.1 Å². The van der Waals surface area contributed by atoms with Crippen molar-refractivity contribution in [3.63, 3.8) is 0 Å². The zero-order valence-corrected chi connectivity index (χ0v) is 12.0. The number of hydrogen-bond acceptors (Lipinski definition) is 3. The van der Waals surface area contributed by atoms with Crippen molar-refractivity contribution in [2.45, 2.75) is 31.6 Å². The van der Waals surface area contributed by atoms with E-state index in [9.17, 15) is 5.11 Å². The van der Waals surface area contributed by atoms with Crippen molar-refractivity contribution in [3.8, 4) is 11.1 Å². The average molecular weight is 283 g/mol. The molecule has 0 aliphatic carbocycles. The lowest BCUT2D eigenvalue weighted by atomic mass is 9.99. The normalized spacial score (nSPS) is 21.6. The van der Waals surface area contributed by atoms with Crippen molar-refractivity contribution in [1.29, 1.82) is 0 Å². The first kappa shape index (κ1) is 14.3. The molecule has 2 aromatic rings. The van der Waals surface area contributed by atoms with Gasteiger partial charge in [0.15, 0.2) is 0 Å². The second-order valence-corrected chi connectivity index (χ2v) is 5.75. The molecule has 1 aliphatic heterocycles. The zero-order chi connectivity index (χ0) is 14.7. The van der Waals surface area contributed by atoms with Gasteiger partial charge in [0.05, 0.1) is 12.7 Å². The van der Waals surface area contributed by atoms with Gasteiger partial charge in [-0.1, -0.05) is 48.5 Å². The van der Waals surface area contributed by atoms with E-state index in [1.54, 1.807) is 0 Å². The average Bonchev–Trinajstić information content (AvgIpc) is 2.93. The fourth-order valence-corrected chi connectivity index (χ4v) is 2.87. The van der Waals surface area contributed by atoms with E-state index in [-0.39, 0.29) is 12.7 Å². The minimum Gasteiger partial charge on any atom is -0.392 e. The quantitative estimate of drug-likeness (QED) is 0.805. The Morgan fingerprint density at radius 3 is 1.95 bits per heavy atom. The third-order valence-corrected chi connectivity index (χ3v) is 4.10. The number of nitrogens with one attached hydrogen (secondary N) is 1. The maximum absolute atomic E-state index is 9.53. The van der Waals surface area contributed by atoms with Crippen molar-refractivity contribution < 1.29 is 10.2 Å². The van der Waals surface area contributed by atoms with Gasteiger partial charge in [0.1, 0.15) is 0 Å². The van der Waals surface area contributed by atoms with Crippen LogP contribution in [0, 0.1) is 0 Å². The molecule has 1 aliphatic rings. The summed E-state index contributed by atoms with van der Waals surface area (Å²) in [5, 5.41) is 21.9. The number of aliphatic hydroxyl groups excluding tert-OH is 2. The molecule has 0 bridgehead atoms. The molecule has 0 spiro atoms. The largest absolute Gasteiger partial charge is 0.392 e. The van der Waals surface area contributed by atoms with Crippen molar-refractivity contribution in [2.24, 2.45) is 0 Å². The van der Waals surface area contributed by atoms with E-state index in [2.05, 4.69) is 29.6 Å². The summed E-state index contributed by atoms with van der Waals surface area (Å²) in [5.41, 5.74) is 4.56. The third-order valence-electron chi connectivity index (χ3n) is 4.10. The highest BCUT2D eigenvalue weighted by Gasteiger charge is 2.21. The molecule has 21 heavy (non-hydrogen) atoms. The summed E-state index contributed by atoms with van der Waals surface area (Å²) in [5.74, 6) is 0. The zero-order valence-electron chi connectivity index (χ0n) is 12.0. The lowest BCUT2D eigenvalue weighted by Gasteiger charge is -2.10.